The third-order valence-corrected chi connectivity index (χ3v) is 21.8. The summed E-state index contributed by atoms with van der Waals surface area (Å²) in [4.78, 5) is 75.2. The van der Waals surface area contributed by atoms with Gasteiger partial charge in [-0.15, -0.1) is 20.4 Å². The maximum atomic E-state index is 12.4. The smallest absolute Gasteiger partial charge is 0.444 e. The minimum absolute atomic E-state index is 0. The SMILES string of the molecule is C.CC(C)(C)OC(=O)N1CCC[C@H](Cn2nnc3ncc(Br)nc32)C1.Cn1cc(-c2cnc3nnn(C[C@H]4CCCN(C(=O)OC(C)(C)C)C4)c3n2)cn1.Cn1cc(-c2cnc3nnn(C[C@H]4CCCN(c5ncc(Br)cn5)C4)c3n2)cn1.Cn1cc(-c2cnc3nnn(C[C@H]4CCCNC4)c3n2)cn1.Cn1cc(B2OC(C)(C)C(C)(C)O2)cn1. The Balaban J connectivity index is 0.000000131. The molecule has 0 unspecified atom stereocenters. The second-order valence-corrected chi connectivity index (χ2v) is 35.3. The number of nitrogens with zero attached hydrogens (tertiary/aromatic N) is 33. The second kappa shape index (κ2) is 37.4. The molecule has 5 aliphatic rings. The Bertz CT molecular complexity index is 5580. The highest BCUT2D eigenvalue weighted by Gasteiger charge is 2.52. The second-order valence-electron chi connectivity index (χ2n) is 33.6. The van der Waals surface area contributed by atoms with E-state index in [0.29, 0.717) is 88.7 Å². The summed E-state index contributed by atoms with van der Waals surface area (Å²) in [5.74, 6) is 2.29. The van der Waals surface area contributed by atoms with Crippen LogP contribution in [0, 0.1) is 23.7 Å². The van der Waals surface area contributed by atoms with Crippen LogP contribution in [0.15, 0.2) is 95.8 Å². The van der Waals surface area contributed by atoms with Crippen molar-refractivity contribution in [1.29, 1.82) is 0 Å². The van der Waals surface area contributed by atoms with Gasteiger partial charge in [0.2, 0.25) is 28.5 Å². The predicted molar refractivity (Wildman–Crippen MR) is 454 cm³/mol. The van der Waals surface area contributed by atoms with Crippen molar-refractivity contribution in [2.75, 3.05) is 57.3 Å². The molecule has 0 aromatic carbocycles. The van der Waals surface area contributed by atoms with Gasteiger partial charge in [0.05, 0.1) is 76.1 Å². The van der Waals surface area contributed by atoms with E-state index in [-0.39, 0.29) is 49.8 Å². The molecule has 13 aromatic heterocycles. The summed E-state index contributed by atoms with van der Waals surface area (Å²) in [5.41, 5.74) is 9.40. The molecule has 43 heteroatoms. The number of fused-ring (bicyclic) bond motifs is 4. The average Bonchev–Trinajstić information content (AvgIpc) is 1.62. The fourth-order valence-electron chi connectivity index (χ4n) is 14.4. The Morgan fingerprint density at radius 3 is 1.23 bits per heavy atom. The number of halogens is 2. The van der Waals surface area contributed by atoms with Gasteiger partial charge in [-0.05, 0) is 189 Å². The number of carbonyl (C=O) groups is 2. The van der Waals surface area contributed by atoms with Crippen LogP contribution in [0.25, 0.3) is 78.9 Å². The van der Waals surface area contributed by atoms with Crippen LogP contribution in [0.2, 0.25) is 0 Å². The van der Waals surface area contributed by atoms with Crippen LogP contribution in [0.3, 0.4) is 0 Å². The Hall–Kier alpha value is -10.9. The Kier molecular flexibility index (Phi) is 27.1. The topological polar surface area (TPSA) is 416 Å². The molecule has 5 fully saturated rings. The summed E-state index contributed by atoms with van der Waals surface area (Å²) in [7, 11) is 7.21. The lowest BCUT2D eigenvalue weighted by molar-refractivity contribution is 0.00578. The number of rotatable bonds is 13. The van der Waals surface area contributed by atoms with Gasteiger partial charge in [0, 0.05) is 159 Å². The Labute approximate surface area is 711 Å². The molecule has 0 saturated carbocycles. The average molecular weight is 1770 g/mol. The quantitative estimate of drug-likeness (QED) is 0.105. The molecular formula is C77H105BBr2N34O6. The van der Waals surface area contributed by atoms with Crippen molar-refractivity contribution >= 4 is 108 Å². The van der Waals surface area contributed by atoms with Gasteiger partial charge < -0.3 is 38.8 Å². The van der Waals surface area contributed by atoms with Crippen LogP contribution >= 0.6 is 31.9 Å². The normalized spacial score (nSPS) is 18.6. The zero-order valence-electron chi connectivity index (χ0n) is 69.6. The maximum absolute atomic E-state index is 12.4. The van der Waals surface area contributed by atoms with E-state index < -0.39 is 11.2 Å². The zero-order chi connectivity index (χ0) is 83.9. The first-order chi connectivity index (χ1) is 56.9. The van der Waals surface area contributed by atoms with Crippen molar-refractivity contribution in [2.24, 2.45) is 51.9 Å². The molecule has 636 valence electrons. The van der Waals surface area contributed by atoms with Gasteiger partial charge in [0.25, 0.3) is 0 Å². The lowest BCUT2D eigenvalue weighted by Gasteiger charge is -2.34. The summed E-state index contributed by atoms with van der Waals surface area (Å²) in [6.07, 6.45) is 33.1. The molecule has 0 spiro atoms. The molecule has 120 heavy (non-hydrogen) atoms. The molecule has 1 N–H and O–H groups in total. The molecule has 4 atom stereocenters. The first-order valence-corrected chi connectivity index (χ1v) is 41.6. The molecule has 0 radical (unpaired) electrons. The van der Waals surface area contributed by atoms with Crippen LogP contribution in [0.4, 0.5) is 15.5 Å². The number of ether oxygens (including phenoxy) is 2. The molecule has 0 bridgehead atoms. The van der Waals surface area contributed by atoms with Crippen molar-refractivity contribution in [3.8, 4) is 33.8 Å². The van der Waals surface area contributed by atoms with E-state index in [9.17, 15) is 9.59 Å². The zero-order valence-corrected chi connectivity index (χ0v) is 72.7. The molecule has 5 aliphatic heterocycles. The van der Waals surface area contributed by atoms with Crippen molar-refractivity contribution in [2.45, 2.75) is 177 Å². The van der Waals surface area contributed by atoms with Crippen LogP contribution in [-0.2, 0) is 73.2 Å². The van der Waals surface area contributed by atoms with E-state index in [4.69, 9.17) is 28.8 Å². The number of piperidine rings is 4. The Morgan fingerprint density at radius 2 is 0.850 bits per heavy atom. The summed E-state index contributed by atoms with van der Waals surface area (Å²) >= 11 is 6.71. The number of nitrogens with one attached hydrogen (secondary N) is 1. The standard InChI is InChI=1S/C19H26N8O2.C18H19BrN10.C15H21BrN6O2.C14H18N8.C10H17BN2O2.CH4/c1-19(2,3)29-18(28)26-7-5-6-13(10-26)11-27-17-16(23-24-27)20-9-15(22-17)14-8-21-25(4)12-14;1-27-11-13(5-23-27)15-8-20-16-17(24-15)29(26-25-16)10-12-3-2-4-28(9-12)18-21-6-14(19)7-22-18;1-15(2,3)24-14(23)21-6-4-5-10(8-21)9-22-13-12(19-20-22)17-7-11(16)18-13;1-21-9-11(6-17-21)12-7-16-13-14(18-12)22(20-19-13)8-10-3-2-4-15-5-10;1-9(2)10(3,4)15-11(14-9)8-6-12-13(5)7-8;/h8-9,12-13H,5-7,10-11H2,1-4H3;5-8,11-12H,2-4,9-10H2,1H3;7,10H,4-6,8-9H2,1-3H3;6-7,9-10,15H,2-5,8H2,1H3;6-7H,1-5H3;1H4/t13-;12-;2*10-;;/m0000../s1. The molecule has 5 saturated heterocycles. The number of hydrogen-bond acceptors (Lipinski definition) is 30. The van der Waals surface area contributed by atoms with Gasteiger partial charge in [-0.25, -0.2) is 78.2 Å². The highest BCUT2D eigenvalue weighted by atomic mass is 79.9. The van der Waals surface area contributed by atoms with E-state index in [1.807, 2.05) is 132 Å². The van der Waals surface area contributed by atoms with Crippen molar-refractivity contribution in [3.63, 3.8) is 0 Å². The van der Waals surface area contributed by atoms with E-state index in [0.717, 1.165) is 140 Å². The van der Waals surface area contributed by atoms with Crippen LogP contribution < -0.4 is 15.7 Å². The fraction of sp³-hybridized carbons (Fsp3) is 0.558. The van der Waals surface area contributed by atoms with Gasteiger partial charge in [-0.1, -0.05) is 28.3 Å². The summed E-state index contributed by atoms with van der Waals surface area (Å²) in [5, 5.41) is 53.5. The molecule has 40 nitrogen and oxygen atoms in total. The maximum Gasteiger partial charge on any atom is 0.498 e. The van der Waals surface area contributed by atoms with Crippen LogP contribution in [0.5, 0.6) is 0 Å². The van der Waals surface area contributed by atoms with Gasteiger partial charge in [-0.2, -0.15) is 20.4 Å². The molecule has 2 amide bonds. The minimum Gasteiger partial charge on any atom is -0.444 e. The number of aromatic nitrogens is 30. The number of aryl methyl sites for hydroxylation is 4. The first kappa shape index (κ1) is 86.9. The van der Waals surface area contributed by atoms with Crippen LogP contribution in [0.1, 0.15) is 128 Å². The monoisotopic (exact) mass is 1770 g/mol. The largest absolute Gasteiger partial charge is 0.498 e. The Morgan fingerprint density at radius 1 is 0.475 bits per heavy atom. The van der Waals surface area contributed by atoms with E-state index >= 15 is 0 Å². The molecule has 18 rings (SSSR count). The third kappa shape index (κ3) is 22.0. The van der Waals surface area contributed by atoms with E-state index in [2.05, 4.69) is 144 Å². The highest BCUT2D eigenvalue weighted by Crippen LogP contribution is 2.37. The van der Waals surface area contributed by atoms with Gasteiger partial charge >= 0.3 is 19.3 Å². The minimum atomic E-state index is -0.496. The lowest BCUT2D eigenvalue weighted by atomic mass is 9.82. The number of carbonyl (C=O) groups excluding carboxylic acids is 2. The van der Waals surface area contributed by atoms with Crippen LogP contribution in [-0.4, -0.2) is 253 Å². The summed E-state index contributed by atoms with van der Waals surface area (Å²) in [6, 6.07) is 0. The van der Waals surface area contributed by atoms with Crippen molar-refractivity contribution in [1.82, 2.24) is 164 Å². The molecular weight excluding hydrogens is 1670 g/mol. The van der Waals surface area contributed by atoms with E-state index in [1.54, 1.807) is 99.9 Å². The first-order valence-electron chi connectivity index (χ1n) is 40.0. The number of likely N-dealkylation sites (tertiary alicyclic amines) is 2. The highest BCUT2D eigenvalue weighted by molar-refractivity contribution is 9.10. The summed E-state index contributed by atoms with van der Waals surface area (Å²) < 4.78 is 38.6. The van der Waals surface area contributed by atoms with Crippen molar-refractivity contribution < 1.29 is 28.4 Å². The third-order valence-electron chi connectivity index (χ3n) is 21.0. The van der Waals surface area contributed by atoms with Gasteiger partial charge in [-0.3, -0.25) is 18.7 Å². The van der Waals surface area contributed by atoms with Gasteiger partial charge in [0.1, 0.15) is 15.8 Å². The fourth-order valence-corrected chi connectivity index (χ4v) is 14.9. The van der Waals surface area contributed by atoms with Gasteiger partial charge in [0.15, 0.2) is 22.6 Å². The molecule has 13 aromatic rings. The summed E-state index contributed by atoms with van der Waals surface area (Å²) in [6.45, 7) is 29.0. The van der Waals surface area contributed by atoms with E-state index in [1.165, 1.54) is 12.8 Å². The van der Waals surface area contributed by atoms with Crippen molar-refractivity contribution in [3.05, 3.63) is 95.8 Å². The lowest BCUT2D eigenvalue weighted by Crippen LogP contribution is -2.43. The predicted octanol–water partition coefficient (Wildman–Crippen LogP) is 8.97. The number of hydrogen-bond donors (Lipinski definition) is 1. The molecule has 18 heterocycles. The molecule has 0 aliphatic carbocycles. The number of amides is 2. The number of anilines is 1.